The molecule has 2 aromatic carbocycles. The second kappa shape index (κ2) is 8.22. The molecule has 0 spiro atoms. The molecule has 0 fully saturated rings. The molecule has 0 radical (unpaired) electrons. The second-order valence-electron chi connectivity index (χ2n) is 5.51. The van der Waals surface area contributed by atoms with Gasteiger partial charge in [-0.1, -0.05) is 24.3 Å². The van der Waals surface area contributed by atoms with Gasteiger partial charge in [-0.25, -0.2) is 18.7 Å². The zero-order valence-electron chi connectivity index (χ0n) is 14.4. The largest absolute Gasteiger partial charge is 0.496 e. The molecule has 0 atom stereocenters. The van der Waals surface area contributed by atoms with Gasteiger partial charge in [-0.15, -0.1) is 0 Å². The average molecular weight is 370 g/mol. The Morgan fingerprint density at radius 1 is 1.04 bits per heavy atom. The lowest BCUT2D eigenvalue weighted by Crippen LogP contribution is -2.23. The quantitative estimate of drug-likeness (QED) is 0.695. The lowest BCUT2D eigenvalue weighted by Gasteiger charge is -2.10. The van der Waals surface area contributed by atoms with E-state index in [9.17, 15) is 13.6 Å². The Bertz CT molecular complexity index is 928. The summed E-state index contributed by atoms with van der Waals surface area (Å²) in [5.41, 5.74) is 0.679. The van der Waals surface area contributed by atoms with Crippen molar-refractivity contribution in [2.24, 2.45) is 0 Å². The van der Waals surface area contributed by atoms with Crippen LogP contribution in [0.1, 0.15) is 15.9 Å². The fraction of sp³-hybridized carbons (Fsp3) is 0.105. The van der Waals surface area contributed by atoms with E-state index in [1.807, 2.05) is 18.2 Å². The number of hydrogen-bond acceptors (Lipinski definition) is 5. The highest BCUT2D eigenvalue weighted by Gasteiger charge is 2.12. The minimum absolute atomic E-state index is 0.0275. The number of para-hydroxylation sites is 2. The second-order valence-corrected chi connectivity index (χ2v) is 5.51. The van der Waals surface area contributed by atoms with Gasteiger partial charge in [0.2, 0.25) is 5.95 Å². The van der Waals surface area contributed by atoms with Crippen molar-refractivity contribution in [3.05, 3.63) is 77.6 Å². The number of benzene rings is 2. The van der Waals surface area contributed by atoms with Crippen LogP contribution < -0.4 is 15.4 Å². The van der Waals surface area contributed by atoms with Gasteiger partial charge in [-0.2, -0.15) is 0 Å². The maximum absolute atomic E-state index is 13.6. The summed E-state index contributed by atoms with van der Waals surface area (Å²) in [7, 11) is 1.55. The molecular weight excluding hydrogens is 354 g/mol. The van der Waals surface area contributed by atoms with Gasteiger partial charge in [-0.05, 0) is 18.2 Å². The van der Waals surface area contributed by atoms with Crippen LogP contribution in [0.3, 0.4) is 0 Å². The number of methoxy groups -OCH3 is 1. The molecule has 0 saturated heterocycles. The minimum Gasteiger partial charge on any atom is -0.496 e. The predicted octanol–water partition coefficient (Wildman–Crippen LogP) is 3.44. The molecule has 0 aliphatic heterocycles. The Balaban J connectivity index is 1.65. The molecular formula is C19H16F2N4O2. The van der Waals surface area contributed by atoms with Crippen LogP contribution in [0.15, 0.2) is 54.9 Å². The fourth-order valence-corrected chi connectivity index (χ4v) is 2.37. The van der Waals surface area contributed by atoms with Crippen molar-refractivity contribution in [1.29, 1.82) is 0 Å². The van der Waals surface area contributed by atoms with E-state index in [4.69, 9.17) is 4.74 Å². The van der Waals surface area contributed by atoms with Crippen LogP contribution in [-0.2, 0) is 6.54 Å². The summed E-state index contributed by atoms with van der Waals surface area (Å²) in [6.07, 6.45) is 2.54. The van der Waals surface area contributed by atoms with Gasteiger partial charge in [0.25, 0.3) is 5.91 Å². The van der Waals surface area contributed by atoms with Gasteiger partial charge in [0, 0.05) is 24.5 Å². The van der Waals surface area contributed by atoms with E-state index in [-0.39, 0.29) is 29.7 Å². The molecule has 3 rings (SSSR count). The normalized spacial score (nSPS) is 10.3. The van der Waals surface area contributed by atoms with Crippen LogP contribution in [0.4, 0.5) is 20.4 Å². The number of aromatic nitrogens is 2. The molecule has 1 amide bonds. The number of anilines is 2. The van der Waals surface area contributed by atoms with Crippen molar-refractivity contribution in [2.45, 2.75) is 6.54 Å². The highest BCUT2D eigenvalue weighted by Crippen LogP contribution is 2.21. The van der Waals surface area contributed by atoms with Crippen LogP contribution in [0.2, 0.25) is 0 Å². The Labute approximate surface area is 154 Å². The number of amides is 1. The summed E-state index contributed by atoms with van der Waals surface area (Å²) in [5.74, 6) is -1.28. The summed E-state index contributed by atoms with van der Waals surface area (Å²) in [4.78, 5) is 20.1. The van der Waals surface area contributed by atoms with Crippen LogP contribution in [0.25, 0.3) is 0 Å². The van der Waals surface area contributed by atoms with E-state index >= 15 is 0 Å². The lowest BCUT2D eigenvalue weighted by molar-refractivity contribution is 0.0950. The Hall–Kier alpha value is -3.55. The summed E-state index contributed by atoms with van der Waals surface area (Å²) in [5, 5.41) is 5.20. The number of halogens is 2. The third-order valence-electron chi connectivity index (χ3n) is 3.75. The third kappa shape index (κ3) is 4.35. The molecule has 0 aliphatic carbocycles. The van der Waals surface area contributed by atoms with E-state index < -0.39 is 11.6 Å². The monoisotopic (exact) mass is 370 g/mol. The first-order chi connectivity index (χ1) is 13.1. The Morgan fingerprint density at radius 2 is 1.70 bits per heavy atom. The highest BCUT2D eigenvalue weighted by atomic mass is 19.1. The van der Waals surface area contributed by atoms with Crippen LogP contribution in [-0.4, -0.2) is 23.0 Å². The smallest absolute Gasteiger partial charge is 0.254 e. The van der Waals surface area contributed by atoms with Crippen LogP contribution in [0, 0.1) is 11.6 Å². The van der Waals surface area contributed by atoms with Gasteiger partial charge in [0.05, 0.1) is 12.7 Å². The Morgan fingerprint density at radius 3 is 2.37 bits per heavy atom. The minimum atomic E-state index is -0.766. The molecule has 0 saturated carbocycles. The molecule has 1 heterocycles. The number of carbonyl (C=O) groups excluding carboxylic acids is 1. The Kier molecular flexibility index (Phi) is 5.55. The molecule has 3 aromatic rings. The first-order valence-corrected chi connectivity index (χ1v) is 8.01. The number of hydrogen-bond donors (Lipinski definition) is 2. The van der Waals surface area contributed by atoms with Crippen molar-refractivity contribution in [1.82, 2.24) is 15.3 Å². The van der Waals surface area contributed by atoms with Gasteiger partial charge in [0.15, 0.2) is 0 Å². The van der Waals surface area contributed by atoms with E-state index in [0.29, 0.717) is 5.75 Å². The van der Waals surface area contributed by atoms with Crippen molar-refractivity contribution < 1.29 is 18.3 Å². The van der Waals surface area contributed by atoms with E-state index in [0.717, 1.165) is 17.7 Å². The summed E-state index contributed by atoms with van der Waals surface area (Å²) < 4.78 is 32.5. The predicted molar refractivity (Wildman–Crippen MR) is 95.8 cm³/mol. The molecule has 0 bridgehead atoms. The first-order valence-electron chi connectivity index (χ1n) is 8.01. The van der Waals surface area contributed by atoms with Crippen molar-refractivity contribution in [2.75, 3.05) is 12.4 Å². The summed E-state index contributed by atoms with van der Waals surface area (Å²) in [6, 6.07) is 10.8. The van der Waals surface area contributed by atoms with E-state index in [2.05, 4.69) is 20.6 Å². The van der Waals surface area contributed by atoms with Crippen molar-refractivity contribution in [3.63, 3.8) is 0 Å². The van der Waals surface area contributed by atoms with E-state index in [1.54, 1.807) is 13.2 Å². The number of nitrogens with zero attached hydrogens (tertiary/aromatic N) is 2. The lowest BCUT2D eigenvalue weighted by atomic mass is 10.2. The maximum atomic E-state index is 13.6. The molecule has 0 aliphatic rings. The average Bonchev–Trinajstić information content (AvgIpc) is 2.69. The maximum Gasteiger partial charge on any atom is 0.254 e. The van der Waals surface area contributed by atoms with Crippen molar-refractivity contribution >= 4 is 17.5 Å². The van der Waals surface area contributed by atoms with Crippen LogP contribution in [0.5, 0.6) is 5.75 Å². The zero-order valence-corrected chi connectivity index (χ0v) is 14.4. The fourth-order valence-electron chi connectivity index (χ4n) is 2.37. The summed E-state index contributed by atoms with van der Waals surface area (Å²) >= 11 is 0. The SMILES string of the molecule is COc1ccccc1CNC(=O)c1cnc(Nc2c(F)cccc2F)nc1. The molecule has 1 aromatic heterocycles. The molecule has 6 nitrogen and oxygen atoms in total. The molecule has 8 heteroatoms. The number of ether oxygens (including phenoxy) is 1. The standard InChI is InChI=1S/C19H16F2N4O2/c1-27-16-8-3-2-5-12(16)9-22-18(26)13-10-23-19(24-11-13)25-17-14(20)6-4-7-15(17)21/h2-8,10-11H,9H2,1H3,(H,22,26)(H,23,24,25). The third-order valence-corrected chi connectivity index (χ3v) is 3.75. The van der Waals surface area contributed by atoms with Gasteiger partial charge in [0.1, 0.15) is 23.1 Å². The van der Waals surface area contributed by atoms with Crippen molar-refractivity contribution in [3.8, 4) is 5.75 Å². The molecule has 2 N–H and O–H groups in total. The molecule has 138 valence electrons. The number of carbonyl (C=O) groups is 1. The van der Waals surface area contributed by atoms with Gasteiger partial charge >= 0.3 is 0 Å². The summed E-state index contributed by atoms with van der Waals surface area (Å²) in [6.45, 7) is 0.267. The van der Waals surface area contributed by atoms with E-state index in [1.165, 1.54) is 18.5 Å². The highest BCUT2D eigenvalue weighted by molar-refractivity contribution is 5.93. The molecule has 27 heavy (non-hydrogen) atoms. The number of nitrogens with one attached hydrogen (secondary N) is 2. The zero-order chi connectivity index (χ0) is 19.2. The van der Waals surface area contributed by atoms with Gasteiger partial charge < -0.3 is 15.4 Å². The van der Waals surface area contributed by atoms with Crippen LogP contribution >= 0.6 is 0 Å². The van der Waals surface area contributed by atoms with Gasteiger partial charge in [-0.3, -0.25) is 4.79 Å². The first kappa shape index (κ1) is 18.2. The topological polar surface area (TPSA) is 76.1 Å². The molecule has 0 unspecified atom stereocenters. The number of rotatable bonds is 6.